The summed E-state index contributed by atoms with van der Waals surface area (Å²) in [5, 5.41) is 0.755. The highest BCUT2D eigenvalue weighted by Crippen LogP contribution is 2.57. The third-order valence-electron chi connectivity index (χ3n) is 5.36. The highest BCUT2D eigenvalue weighted by molar-refractivity contribution is 9.10. The molecule has 0 bridgehead atoms. The van der Waals surface area contributed by atoms with Crippen LogP contribution in [-0.2, 0) is 4.74 Å². The summed E-state index contributed by atoms with van der Waals surface area (Å²) in [5.41, 5.74) is 1.06. The first-order valence-electron chi connectivity index (χ1n) is 7.59. The molecule has 2 saturated heterocycles. The number of H-pyrrole nitrogens is 1. The summed E-state index contributed by atoms with van der Waals surface area (Å²) >= 11 is 3.46. The standard InChI is InChI=1S/C15H15BrN4O2/c16-10-4-17-13-11(10)12(18-7-19-13)14(21)20-2-1-15(6-20)9-3-8(9)5-22-15/h4,7-9H,1-3,5-6H2,(H,17,18,19). The minimum atomic E-state index is -0.0815. The van der Waals surface area contributed by atoms with Crippen molar-refractivity contribution in [1.82, 2.24) is 19.9 Å². The summed E-state index contributed by atoms with van der Waals surface area (Å²) in [6.07, 6.45) is 5.44. The smallest absolute Gasteiger partial charge is 0.273 e. The Kier molecular flexibility index (Phi) is 2.54. The molecule has 5 rings (SSSR count). The van der Waals surface area contributed by atoms with Crippen molar-refractivity contribution in [3.63, 3.8) is 0 Å². The van der Waals surface area contributed by atoms with Gasteiger partial charge in [0.25, 0.3) is 5.91 Å². The zero-order valence-electron chi connectivity index (χ0n) is 11.9. The van der Waals surface area contributed by atoms with Crippen molar-refractivity contribution in [1.29, 1.82) is 0 Å². The average molecular weight is 363 g/mol. The van der Waals surface area contributed by atoms with Crippen LogP contribution in [0.1, 0.15) is 23.3 Å². The van der Waals surface area contributed by atoms with E-state index in [1.54, 1.807) is 6.20 Å². The van der Waals surface area contributed by atoms with Crippen LogP contribution in [0, 0.1) is 11.8 Å². The van der Waals surface area contributed by atoms with E-state index in [0.717, 1.165) is 35.3 Å². The minimum Gasteiger partial charge on any atom is -0.372 e. The van der Waals surface area contributed by atoms with Gasteiger partial charge in [-0.3, -0.25) is 4.79 Å². The van der Waals surface area contributed by atoms with Crippen molar-refractivity contribution < 1.29 is 9.53 Å². The topological polar surface area (TPSA) is 71.1 Å². The molecule has 2 aromatic rings. The third kappa shape index (κ3) is 1.66. The van der Waals surface area contributed by atoms with Crippen molar-refractivity contribution in [3.05, 3.63) is 22.7 Å². The summed E-state index contributed by atoms with van der Waals surface area (Å²) in [6, 6.07) is 0. The molecule has 22 heavy (non-hydrogen) atoms. The molecule has 7 heteroatoms. The van der Waals surface area contributed by atoms with Crippen molar-refractivity contribution in [2.24, 2.45) is 11.8 Å². The van der Waals surface area contributed by atoms with Gasteiger partial charge in [-0.1, -0.05) is 0 Å². The van der Waals surface area contributed by atoms with Crippen LogP contribution in [0.3, 0.4) is 0 Å². The first-order valence-corrected chi connectivity index (χ1v) is 8.38. The van der Waals surface area contributed by atoms with E-state index >= 15 is 0 Å². The highest BCUT2D eigenvalue weighted by Gasteiger charge is 2.61. The average Bonchev–Trinajstić information content (AvgIpc) is 2.89. The number of aromatic amines is 1. The molecule has 3 atom stereocenters. The number of carbonyl (C=O) groups is 1. The molecule has 4 heterocycles. The number of ether oxygens (including phenoxy) is 1. The van der Waals surface area contributed by atoms with Crippen LogP contribution >= 0.6 is 15.9 Å². The SMILES string of the molecule is O=C(c1ncnc2[nH]cc(Br)c12)N1CCC2(C1)OCC1CC12. The highest BCUT2D eigenvalue weighted by atomic mass is 79.9. The Morgan fingerprint density at radius 3 is 3.18 bits per heavy atom. The number of halogens is 1. The molecule has 2 aliphatic heterocycles. The van der Waals surface area contributed by atoms with Crippen molar-refractivity contribution in [3.8, 4) is 0 Å². The van der Waals surface area contributed by atoms with Gasteiger partial charge in [0.2, 0.25) is 0 Å². The second-order valence-corrected chi connectivity index (χ2v) is 7.39. The lowest BCUT2D eigenvalue weighted by Gasteiger charge is -2.25. The van der Waals surface area contributed by atoms with Crippen LogP contribution in [0.25, 0.3) is 11.0 Å². The van der Waals surface area contributed by atoms with Gasteiger partial charge in [0, 0.05) is 17.2 Å². The van der Waals surface area contributed by atoms with Gasteiger partial charge in [0.1, 0.15) is 17.7 Å². The summed E-state index contributed by atoms with van der Waals surface area (Å²) in [6.45, 7) is 2.31. The molecule has 1 spiro atoms. The molecule has 6 nitrogen and oxygen atoms in total. The fourth-order valence-corrected chi connectivity index (χ4v) is 4.58. The molecule has 3 unspecified atom stereocenters. The molecule has 1 N–H and O–H groups in total. The number of nitrogens with one attached hydrogen (secondary N) is 1. The number of hydrogen-bond acceptors (Lipinski definition) is 4. The van der Waals surface area contributed by atoms with Crippen LogP contribution in [0.15, 0.2) is 17.0 Å². The summed E-state index contributed by atoms with van der Waals surface area (Å²) in [5.74, 6) is 1.37. The largest absolute Gasteiger partial charge is 0.372 e. The molecular weight excluding hydrogens is 348 g/mol. The lowest BCUT2D eigenvalue weighted by molar-refractivity contribution is -0.0150. The van der Waals surface area contributed by atoms with E-state index in [4.69, 9.17) is 4.74 Å². The van der Waals surface area contributed by atoms with Gasteiger partial charge in [0.15, 0.2) is 0 Å². The van der Waals surface area contributed by atoms with Crippen molar-refractivity contribution >= 4 is 32.9 Å². The number of amides is 1. The fourth-order valence-electron chi connectivity index (χ4n) is 4.09. The maximum Gasteiger partial charge on any atom is 0.273 e. The Hall–Kier alpha value is -1.47. The van der Waals surface area contributed by atoms with E-state index in [1.165, 1.54) is 12.7 Å². The van der Waals surface area contributed by atoms with Gasteiger partial charge >= 0.3 is 0 Å². The number of fused-ring (bicyclic) bond motifs is 3. The summed E-state index contributed by atoms with van der Waals surface area (Å²) in [4.78, 5) is 26.3. The summed E-state index contributed by atoms with van der Waals surface area (Å²) in [7, 11) is 0. The first kappa shape index (κ1) is 13.0. The summed E-state index contributed by atoms with van der Waals surface area (Å²) < 4.78 is 6.85. The minimum absolute atomic E-state index is 0.0303. The molecule has 114 valence electrons. The lowest BCUT2D eigenvalue weighted by atomic mass is 9.97. The van der Waals surface area contributed by atoms with E-state index in [2.05, 4.69) is 30.9 Å². The number of rotatable bonds is 1. The second-order valence-electron chi connectivity index (χ2n) is 6.54. The van der Waals surface area contributed by atoms with E-state index in [0.29, 0.717) is 23.8 Å². The normalized spacial score (nSPS) is 32.9. The number of carbonyl (C=O) groups excluding carboxylic acids is 1. The van der Waals surface area contributed by atoms with Gasteiger partial charge in [-0.15, -0.1) is 0 Å². The Balaban J connectivity index is 1.48. The van der Waals surface area contributed by atoms with Crippen LogP contribution in [-0.4, -0.2) is 51.1 Å². The van der Waals surface area contributed by atoms with Crippen LogP contribution in [0.4, 0.5) is 0 Å². The zero-order chi connectivity index (χ0) is 14.9. The maximum atomic E-state index is 12.9. The van der Waals surface area contributed by atoms with Crippen LogP contribution in [0.2, 0.25) is 0 Å². The molecular formula is C15H15BrN4O2. The Morgan fingerprint density at radius 2 is 2.41 bits per heavy atom. The monoisotopic (exact) mass is 362 g/mol. The molecule has 3 aliphatic rings. The first-order chi connectivity index (χ1) is 10.7. The van der Waals surface area contributed by atoms with Gasteiger partial charge in [-0.05, 0) is 40.6 Å². The number of hydrogen-bond donors (Lipinski definition) is 1. The Bertz CT molecular complexity index is 791. The van der Waals surface area contributed by atoms with Crippen molar-refractivity contribution in [2.45, 2.75) is 18.4 Å². The second kappa shape index (κ2) is 4.29. The van der Waals surface area contributed by atoms with E-state index < -0.39 is 0 Å². The fraction of sp³-hybridized carbons (Fsp3) is 0.533. The quantitative estimate of drug-likeness (QED) is 0.841. The predicted molar refractivity (Wildman–Crippen MR) is 82.4 cm³/mol. The van der Waals surface area contributed by atoms with Gasteiger partial charge in [0.05, 0.1) is 24.1 Å². The Morgan fingerprint density at radius 1 is 1.50 bits per heavy atom. The molecule has 0 radical (unpaired) electrons. The molecule has 1 saturated carbocycles. The third-order valence-corrected chi connectivity index (χ3v) is 5.98. The Labute approximate surface area is 135 Å². The zero-order valence-corrected chi connectivity index (χ0v) is 13.5. The molecule has 1 amide bonds. The van der Waals surface area contributed by atoms with E-state index in [-0.39, 0.29) is 11.5 Å². The van der Waals surface area contributed by atoms with Crippen molar-refractivity contribution in [2.75, 3.05) is 19.7 Å². The van der Waals surface area contributed by atoms with Gasteiger partial charge in [-0.2, -0.15) is 0 Å². The van der Waals surface area contributed by atoms with Gasteiger partial charge < -0.3 is 14.6 Å². The number of likely N-dealkylation sites (tertiary alicyclic amines) is 1. The molecule has 1 aliphatic carbocycles. The van der Waals surface area contributed by atoms with E-state index in [9.17, 15) is 4.79 Å². The molecule has 2 aromatic heterocycles. The maximum absolute atomic E-state index is 12.9. The lowest BCUT2D eigenvalue weighted by Crippen LogP contribution is -2.38. The van der Waals surface area contributed by atoms with Crippen LogP contribution in [0.5, 0.6) is 0 Å². The predicted octanol–water partition coefficient (Wildman–Crippen LogP) is 1.97. The number of nitrogens with zero attached hydrogens (tertiary/aromatic N) is 3. The van der Waals surface area contributed by atoms with E-state index in [1.807, 2.05) is 4.90 Å². The van der Waals surface area contributed by atoms with Gasteiger partial charge in [-0.25, -0.2) is 9.97 Å². The number of aromatic nitrogens is 3. The van der Waals surface area contributed by atoms with Crippen LogP contribution < -0.4 is 0 Å². The molecule has 3 fully saturated rings. The molecule has 0 aromatic carbocycles.